The van der Waals surface area contributed by atoms with Gasteiger partial charge in [0.2, 0.25) is 0 Å². The van der Waals surface area contributed by atoms with Crippen LogP contribution < -0.4 is 0 Å². The minimum Gasteiger partial charge on any atom is -0.207 e. The SMILES string of the molecule is CC(C)C(C)c1c(F)ccc(Cl)c1F. The van der Waals surface area contributed by atoms with Gasteiger partial charge >= 0.3 is 0 Å². The third-order valence-electron chi connectivity index (χ3n) is 2.53. The van der Waals surface area contributed by atoms with Crippen LogP contribution in [0.25, 0.3) is 0 Å². The van der Waals surface area contributed by atoms with Crippen molar-refractivity contribution in [2.75, 3.05) is 0 Å². The standard InChI is InChI=1S/C11H13ClF2/c1-6(2)7(3)10-9(13)5-4-8(12)11(10)14/h4-7H,1-3H3. The van der Waals surface area contributed by atoms with E-state index < -0.39 is 11.6 Å². The zero-order valence-corrected chi connectivity index (χ0v) is 9.20. The number of rotatable bonds is 2. The minimum absolute atomic E-state index is 0.0195. The molecular formula is C11H13ClF2. The van der Waals surface area contributed by atoms with E-state index in [9.17, 15) is 8.78 Å². The predicted octanol–water partition coefficient (Wildman–Crippen LogP) is 4.38. The molecule has 0 heterocycles. The second-order valence-electron chi connectivity index (χ2n) is 3.79. The van der Waals surface area contributed by atoms with Crippen molar-refractivity contribution in [3.05, 3.63) is 34.4 Å². The van der Waals surface area contributed by atoms with E-state index in [1.807, 2.05) is 13.8 Å². The van der Waals surface area contributed by atoms with Crippen LogP contribution in [0, 0.1) is 17.6 Å². The van der Waals surface area contributed by atoms with E-state index in [1.54, 1.807) is 6.92 Å². The third-order valence-corrected chi connectivity index (χ3v) is 2.83. The molecule has 3 heteroatoms. The van der Waals surface area contributed by atoms with Crippen LogP contribution >= 0.6 is 11.6 Å². The van der Waals surface area contributed by atoms with Crippen molar-refractivity contribution in [1.82, 2.24) is 0 Å². The highest BCUT2D eigenvalue weighted by Gasteiger charge is 2.20. The van der Waals surface area contributed by atoms with Crippen LogP contribution in [0.2, 0.25) is 5.02 Å². The molecule has 1 atom stereocenters. The summed E-state index contributed by atoms with van der Waals surface area (Å²) in [7, 11) is 0. The summed E-state index contributed by atoms with van der Waals surface area (Å²) in [6, 6.07) is 2.45. The molecule has 1 rings (SSSR count). The maximum Gasteiger partial charge on any atom is 0.148 e. The monoisotopic (exact) mass is 218 g/mol. The smallest absolute Gasteiger partial charge is 0.148 e. The molecule has 0 amide bonds. The molecular weight excluding hydrogens is 206 g/mol. The summed E-state index contributed by atoms with van der Waals surface area (Å²) in [6.07, 6.45) is 0. The second-order valence-corrected chi connectivity index (χ2v) is 4.20. The Kier molecular flexibility index (Phi) is 3.48. The van der Waals surface area contributed by atoms with Crippen molar-refractivity contribution in [3.8, 4) is 0 Å². The first kappa shape index (κ1) is 11.4. The summed E-state index contributed by atoms with van der Waals surface area (Å²) in [6.45, 7) is 5.64. The van der Waals surface area contributed by atoms with Crippen molar-refractivity contribution < 1.29 is 8.78 Å². The lowest BCUT2D eigenvalue weighted by atomic mass is 9.89. The van der Waals surface area contributed by atoms with Gasteiger partial charge in [-0.1, -0.05) is 32.4 Å². The van der Waals surface area contributed by atoms with Crippen LogP contribution in [0.1, 0.15) is 32.3 Å². The quantitative estimate of drug-likeness (QED) is 0.647. The maximum atomic E-state index is 13.5. The van der Waals surface area contributed by atoms with E-state index >= 15 is 0 Å². The fourth-order valence-corrected chi connectivity index (χ4v) is 1.46. The van der Waals surface area contributed by atoms with Gasteiger partial charge < -0.3 is 0 Å². The summed E-state index contributed by atoms with van der Waals surface area (Å²) < 4.78 is 26.8. The molecule has 1 aromatic rings. The number of hydrogen-bond donors (Lipinski definition) is 0. The lowest BCUT2D eigenvalue weighted by molar-refractivity contribution is 0.468. The normalized spacial score (nSPS) is 13.4. The molecule has 0 spiro atoms. The Labute approximate surface area is 87.9 Å². The first-order valence-corrected chi connectivity index (χ1v) is 4.96. The lowest BCUT2D eigenvalue weighted by Gasteiger charge is -2.17. The van der Waals surface area contributed by atoms with Crippen LogP contribution in [0.4, 0.5) is 8.78 Å². The average Bonchev–Trinajstić information content (AvgIpc) is 2.12. The Balaban J connectivity index is 3.25. The van der Waals surface area contributed by atoms with E-state index in [2.05, 4.69) is 0 Å². The van der Waals surface area contributed by atoms with Crippen LogP contribution in [-0.2, 0) is 0 Å². The van der Waals surface area contributed by atoms with Crippen LogP contribution in [0.3, 0.4) is 0 Å². The second kappa shape index (κ2) is 4.26. The number of benzene rings is 1. The summed E-state index contributed by atoms with van der Waals surface area (Å²) in [5.41, 5.74) is 0.0903. The van der Waals surface area contributed by atoms with E-state index in [4.69, 9.17) is 11.6 Å². The predicted molar refractivity (Wildman–Crippen MR) is 54.6 cm³/mol. The van der Waals surface area contributed by atoms with Crippen molar-refractivity contribution in [2.24, 2.45) is 5.92 Å². The van der Waals surface area contributed by atoms with E-state index in [0.29, 0.717) is 0 Å². The Morgan fingerprint density at radius 3 is 2.21 bits per heavy atom. The Hall–Kier alpha value is -0.630. The maximum absolute atomic E-state index is 13.5. The van der Waals surface area contributed by atoms with Gasteiger partial charge in [-0.15, -0.1) is 0 Å². The lowest BCUT2D eigenvalue weighted by Crippen LogP contribution is -2.07. The van der Waals surface area contributed by atoms with Crippen molar-refractivity contribution in [1.29, 1.82) is 0 Å². The first-order chi connectivity index (χ1) is 6.45. The summed E-state index contributed by atoms with van der Waals surface area (Å²) in [5.74, 6) is -1.15. The van der Waals surface area contributed by atoms with Crippen molar-refractivity contribution >= 4 is 11.6 Å². The number of hydrogen-bond acceptors (Lipinski definition) is 0. The van der Waals surface area contributed by atoms with Gasteiger partial charge in [0.1, 0.15) is 11.6 Å². The van der Waals surface area contributed by atoms with Crippen LogP contribution in [0.15, 0.2) is 12.1 Å². The molecule has 0 aromatic heterocycles. The molecule has 0 saturated heterocycles. The largest absolute Gasteiger partial charge is 0.207 e. The fraction of sp³-hybridized carbons (Fsp3) is 0.455. The highest BCUT2D eigenvalue weighted by atomic mass is 35.5. The Bertz CT molecular complexity index is 334. The fourth-order valence-electron chi connectivity index (χ4n) is 1.29. The van der Waals surface area contributed by atoms with Crippen molar-refractivity contribution in [2.45, 2.75) is 26.7 Å². The Morgan fingerprint density at radius 1 is 1.14 bits per heavy atom. The highest BCUT2D eigenvalue weighted by molar-refractivity contribution is 6.30. The molecule has 0 N–H and O–H groups in total. The molecule has 0 bridgehead atoms. The molecule has 0 fully saturated rings. The van der Waals surface area contributed by atoms with Crippen molar-refractivity contribution in [3.63, 3.8) is 0 Å². The molecule has 78 valence electrons. The molecule has 1 aromatic carbocycles. The van der Waals surface area contributed by atoms with Gasteiger partial charge in [-0.25, -0.2) is 8.78 Å². The molecule has 14 heavy (non-hydrogen) atoms. The Morgan fingerprint density at radius 2 is 1.71 bits per heavy atom. The van der Waals surface area contributed by atoms with E-state index in [1.165, 1.54) is 12.1 Å². The molecule has 1 unspecified atom stereocenters. The molecule has 0 radical (unpaired) electrons. The zero-order valence-electron chi connectivity index (χ0n) is 8.44. The molecule has 0 nitrogen and oxygen atoms in total. The molecule has 0 aliphatic carbocycles. The molecule has 0 aliphatic heterocycles. The summed E-state index contributed by atoms with van der Waals surface area (Å²) >= 11 is 5.59. The van der Waals surface area contributed by atoms with Crippen LogP contribution in [-0.4, -0.2) is 0 Å². The summed E-state index contributed by atoms with van der Waals surface area (Å²) in [5, 5.41) is -0.0195. The molecule has 0 aliphatic rings. The van der Waals surface area contributed by atoms with Gasteiger partial charge in [-0.3, -0.25) is 0 Å². The van der Waals surface area contributed by atoms with E-state index in [0.717, 1.165) is 0 Å². The topological polar surface area (TPSA) is 0 Å². The zero-order chi connectivity index (χ0) is 10.9. The summed E-state index contributed by atoms with van der Waals surface area (Å²) in [4.78, 5) is 0. The average molecular weight is 219 g/mol. The third kappa shape index (κ3) is 2.06. The highest BCUT2D eigenvalue weighted by Crippen LogP contribution is 2.31. The van der Waals surface area contributed by atoms with E-state index in [-0.39, 0.29) is 22.4 Å². The van der Waals surface area contributed by atoms with Gasteiger partial charge in [0.15, 0.2) is 0 Å². The first-order valence-electron chi connectivity index (χ1n) is 4.58. The van der Waals surface area contributed by atoms with Gasteiger partial charge in [-0.2, -0.15) is 0 Å². The minimum atomic E-state index is -0.632. The number of halogens is 3. The van der Waals surface area contributed by atoms with Crippen LogP contribution in [0.5, 0.6) is 0 Å². The van der Waals surface area contributed by atoms with Gasteiger partial charge in [0.25, 0.3) is 0 Å². The van der Waals surface area contributed by atoms with Gasteiger partial charge in [-0.05, 0) is 24.0 Å². The van der Waals surface area contributed by atoms with Gasteiger partial charge in [0, 0.05) is 5.56 Å². The van der Waals surface area contributed by atoms with Gasteiger partial charge in [0.05, 0.1) is 5.02 Å². The molecule has 0 saturated carbocycles.